The van der Waals surface area contributed by atoms with Crippen molar-refractivity contribution in [3.05, 3.63) is 60.2 Å². The fraction of sp³-hybridized carbons (Fsp3) is 0.458. The fourth-order valence-corrected chi connectivity index (χ4v) is 4.35. The first kappa shape index (κ1) is 23.5. The molecule has 1 aliphatic carbocycles. The van der Waals surface area contributed by atoms with Gasteiger partial charge < -0.3 is 26.2 Å². The minimum Gasteiger partial charge on any atom is -0.480 e. The van der Waals surface area contributed by atoms with Crippen LogP contribution >= 0.6 is 0 Å². The van der Waals surface area contributed by atoms with Crippen molar-refractivity contribution in [2.45, 2.75) is 56.4 Å². The zero-order chi connectivity index (χ0) is 22.3. The lowest BCUT2D eigenvalue weighted by Gasteiger charge is -2.45. The number of unbranched alkanes of at least 4 members (excludes halogenated alkanes) is 1. The summed E-state index contributed by atoms with van der Waals surface area (Å²) in [6.45, 7) is 0.848. The van der Waals surface area contributed by atoms with E-state index in [1.807, 2.05) is 18.2 Å². The molecule has 6 nitrogen and oxygen atoms in total. The molecule has 166 valence electrons. The van der Waals surface area contributed by atoms with Gasteiger partial charge in [-0.15, -0.1) is 0 Å². The average Bonchev–Trinajstić information content (AvgIpc) is 2.73. The van der Waals surface area contributed by atoms with E-state index in [0.29, 0.717) is 25.3 Å². The van der Waals surface area contributed by atoms with Crippen LogP contribution in [0.3, 0.4) is 0 Å². The molecule has 0 amide bonds. The molecule has 1 atom stereocenters. The SMILES string of the molecule is N[C@](CCCCB(O)O)(C(=O)O)C1CC(NCCc2ccc(-c3ccccc3)cc2)C1. The van der Waals surface area contributed by atoms with Gasteiger partial charge in [-0.25, -0.2) is 0 Å². The van der Waals surface area contributed by atoms with Crippen LogP contribution in [0.1, 0.15) is 37.7 Å². The number of carboxylic acid groups (broad SMARTS) is 1. The molecular formula is C24H33BN2O4. The van der Waals surface area contributed by atoms with Gasteiger partial charge in [0, 0.05) is 6.04 Å². The second-order valence-electron chi connectivity index (χ2n) is 8.70. The number of carbonyl (C=O) groups is 1. The summed E-state index contributed by atoms with van der Waals surface area (Å²) >= 11 is 0. The van der Waals surface area contributed by atoms with Crippen molar-refractivity contribution in [1.29, 1.82) is 0 Å². The molecule has 1 fully saturated rings. The minimum atomic E-state index is -1.34. The third kappa shape index (κ3) is 6.40. The number of aliphatic carboxylic acids is 1. The van der Waals surface area contributed by atoms with Gasteiger partial charge in [-0.05, 0) is 61.2 Å². The molecule has 0 spiro atoms. The number of hydrogen-bond acceptors (Lipinski definition) is 5. The van der Waals surface area contributed by atoms with Crippen LogP contribution < -0.4 is 11.1 Å². The summed E-state index contributed by atoms with van der Waals surface area (Å²) in [7, 11) is -1.34. The normalized spacial score (nSPS) is 20.0. The standard InChI is InChI=1S/C24H33BN2O4/c26-24(23(28)29,13-4-5-14-25(30)31)21-16-22(17-21)27-15-12-18-8-10-20(11-9-18)19-6-2-1-3-7-19/h1-3,6-11,21-22,27,30-31H,4-5,12-17,26H2,(H,28,29)/t21?,22?,24-/m0/s1. The molecule has 0 heterocycles. The molecule has 0 saturated heterocycles. The number of benzene rings is 2. The Morgan fingerprint density at radius 1 is 1.03 bits per heavy atom. The van der Waals surface area contributed by atoms with Crippen LogP contribution in [0, 0.1) is 5.92 Å². The first-order valence-corrected chi connectivity index (χ1v) is 11.1. The van der Waals surface area contributed by atoms with Crippen LogP contribution in [0.2, 0.25) is 6.32 Å². The number of nitrogens with two attached hydrogens (primary N) is 1. The third-order valence-electron chi connectivity index (χ3n) is 6.48. The van der Waals surface area contributed by atoms with Crippen LogP contribution in [0.5, 0.6) is 0 Å². The van der Waals surface area contributed by atoms with Gasteiger partial charge in [0.15, 0.2) is 0 Å². The Kier molecular flexibility index (Phi) is 8.26. The monoisotopic (exact) mass is 424 g/mol. The molecule has 0 bridgehead atoms. The van der Waals surface area contributed by atoms with E-state index < -0.39 is 18.6 Å². The number of rotatable bonds is 12. The Balaban J connectivity index is 1.39. The molecule has 2 aromatic carbocycles. The number of hydrogen-bond donors (Lipinski definition) is 5. The second kappa shape index (κ2) is 10.9. The molecule has 0 radical (unpaired) electrons. The molecule has 1 saturated carbocycles. The van der Waals surface area contributed by atoms with E-state index in [1.54, 1.807) is 0 Å². The van der Waals surface area contributed by atoms with E-state index in [0.717, 1.165) is 25.8 Å². The summed E-state index contributed by atoms with van der Waals surface area (Å²) in [6, 6.07) is 19.2. The van der Waals surface area contributed by atoms with E-state index in [2.05, 4.69) is 41.7 Å². The topological polar surface area (TPSA) is 116 Å². The van der Waals surface area contributed by atoms with E-state index >= 15 is 0 Å². The van der Waals surface area contributed by atoms with E-state index in [4.69, 9.17) is 15.8 Å². The van der Waals surface area contributed by atoms with Gasteiger partial charge in [-0.1, -0.05) is 67.4 Å². The molecule has 31 heavy (non-hydrogen) atoms. The van der Waals surface area contributed by atoms with Gasteiger partial charge in [0.25, 0.3) is 0 Å². The zero-order valence-corrected chi connectivity index (χ0v) is 17.9. The van der Waals surface area contributed by atoms with Crippen LogP contribution in [0.15, 0.2) is 54.6 Å². The average molecular weight is 424 g/mol. The van der Waals surface area contributed by atoms with Gasteiger partial charge >= 0.3 is 13.1 Å². The van der Waals surface area contributed by atoms with Crippen LogP contribution in [-0.4, -0.2) is 46.4 Å². The largest absolute Gasteiger partial charge is 0.480 e. The molecule has 2 aromatic rings. The highest BCUT2D eigenvalue weighted by molar-refractivity contribution is 6.40. The lowest BCUT2D eigenvalue weighted by Crippen LogP contribution is -2.61. The molecule has 6 N–H and O–H groups in total. The Morgan fingerprint density at radius 2 is 1.68 bits per heavy atom. The fourth-order valence-electron chi connectivity index (χ4n) is 4.35. The Hall–Kier alpha value is -2.19. The Labute approximate surface area is 184 Å². The lowest BCUT2D eigenvalue weighted by molar-refractivity contribution is -0.148. The molecule has 0 aliphatic heterocycles. The van der Waals surface area contributed by atoms with Crippen molar-refractivity contribution >= 4 is 13.1 Å². The quantitative estimate of drug-likeness (QED) is 0.264. The highest BCUT2D eigenvalue weighted by Crippen LogP contribution is 2.38. The highest BCUT2D eigenvalue weighted by atomic mass is 16.4. The maximum atomic E-state index is 11.8. The van der Waals surface area contributed by atoms with Crippen molar-refractivity contribution in [2.75, 3.05) is 6.54 Å². The van der Waals surface area contributed by atoms with Gasteiger partial charge in [0.1, 0.15) is 5.54 Å². The summed E-state index contributed by atoms with van der Waals surface area (Å²) in [4.78, 5) is 11.8. The maximum absolute atomic E-state index is 11.8. The van der Waals surface area contributed by atoms with Crippen LogP contribution in [0.4, 0.5) is 0 Å². The van der Waals surface area contributed by atoms with Gasteiger partial charge in [0.05, 0.1) is 0 Å². The van der Waals surface area contributed by atoms with Crippen molar-refractivity contribution < 1.29 is 19.9 Å². The van der Waals surface area contributed by atoms with Gasteiger partial charge in [-0.3, -0.25) is 4.79 Å². The molecule has 0 unspecified atom stereocenters. The minimum absolute atomic E-state index is 0.0493. The predicted molar refractivity (Wildman–Crippen MR) is 124 cm³/mol. The second-order valence-corrected chi connectivity index (χ2v) is 8.70. The first-order chi connectivity index (χ1) is 14.9. The number of nitrogens with one attached hydrogen (secondary N) is 1. The van der Waals surface area contributed by atoms with E-state index in [-0.39, 0.29) is 12.2 Å². The first-order valence-electron chi connectivity index (χ1n) is 11.1. The van der Waals surface area contributed by atoms with Gasteiger partial charge in [0.2, 0.25) is 0 Å². The summed E-state index contributed by atoms with van der Waals surface area (Å²) in [5.41, 5.74) is 8.72. The van der Waals surface area contributed by atoms with Crippen molar-refractivity contribution in [3.63, 3.8) is 0 Å². The van der Waals surface area contributed by atoms with E-state index in [1.165, 1.54) is 16.7 Å². The Bertz CT molecular complexity index is 825. The van der Waals surface area contributed by atoms with Crippen LogP contribution in [-0.2, 0) is 11.2 Å². The maximum Gasteiger partial charge on any atom is 0.451 e. The Morgan fingerprint density at radius 3 is 2.29 bits per heavy atom. The summed E-state index contributed by atoms with van der Waals surface area (Å²) < 4.78 is 0. The van der Waals surface area contributed by atoms with Crippen LogP contribution in [0.25, 0.3) is 11.1 Å². The summed E-state index contributed by atoms with van der Waals surface area (Å²) in [5, 5.41) is 31.0. The molecule has 3 rings (SSSR count). The van der Waals surface area contributed by atoms with Crippen molar-refractivity contribution in [1.82, 2.24) is 5.32 Å². The van der Waals surface area contributed by atoms with Crippen molar-refractivity contribution in [2.24, 2.45) is 11.7 Å². The predicted octanol–water partition coefficient (Wildman–Crippen LogP) is 2.69. The highest BCUT2D eigenvalue weighted by Gasteiger charge is 2.47. The van der Waals surface area contributed by atoms with Gasteiger partial charge in [-0.2, -0.15) is 0 Å². The van der Waals surface area contributed by atoms with Crippen molar-refractivity contribution in [3.8, 4) is 11.1 Å². The molecule has 7 heteroatoms. The lowest BCUT2D eigenvalue weighted by atomic mass is 9.66. The summed E-state index contributed by atoms with van der Waals surface area (Å²) in [5.74, 6) is -1.01. The summed E-state index contributed by atoms with van der Waals surface area (Å²) in [6.07, 6.45) is 4.19. The number of carboxylic acids is 1. The third-order valence-corrected chi connectivity index (χ3v) is 6.48. The van der Waals surface area contributed by atoms with E-state index in [9.17, 15) is 9.90 Å². The molecular weight excluding hydrogens is 391 g/mol. The molecule has 1 aliphatic rings. The molecule has 0 aromatic heterocycles. The zero-order valence-electron chi connectivity index (χ0n) is 17.9. The smallest absolute Gasteiger partial charge is 0.451 e.